The molecule has 2 N–H and O–H groups in total. The van der Waals surface area contributed by atoms with Gasteiger partial charge in [-0.3, -0.25) is 0 Å². The lowest BCUT2D eigenvalue weighted by Gasteiger charge is -2.18. The number of rotatable bonds is 3. The molecule has 0 unspecified atom stereocenters. The number of carboxylic acids is 1. The second-order valence-corrected chi connectivity index (χ2v) is 4.62. The van der Waals surface area contributed by atoms with Crippen LogP contribution in [0.4, 0.5) is 0 Å². The van der Waals surface area contributed by atoms with Crippen LogP contribution in [-0.2, 0) is 19.5 Å². The number of aromatic nitrogens is 2. The fourth-order valence-electron chi connectivity index (χ4n) is 2.46. The van der Waals surface area contributed by atoms with E-state index in [0.717, 1.165) is 30.2 Å². The molecule has 5 nitrogen and oxygen atoms in total. The standard InChI is InChI=1S/C14H15N3O2/c18-14(19)13-11-9-15-6-7-17(11)12(16-13)8-10-4-2-1-3-5-10/h1-5,15H,6-9H2,(H,18,19). The van der Waals surface area contributed by atoms with Crippen molar-refractivity contribution in [2.24, 2.45) is 0 Å². The van der Waals surface area contributed by atoms with Crippen LogP contribution in [0.3, 0.4) is 0 Å². The van der Waals surface area contributed by atoms with Crippen LogP contribution in [-0.4, -0.2) is 27.2 Å². The molecule has 0 saturated carbocycles. The van der Waals surface area contributed by atoms with Crippen molar-refractivity contribution in [1.29, 1.82) is 0 Å². The Morgan fingerprint density at radius 2 is 2.16 bits per heavy atom. The lowest BCUT2D eigenvalue weighted by Crippen LogP contribution is -2.29. The van der Waals surface area contributed by atoms with Crippen LogP contribution in [0.25, 0.3) is 0 Å². The normalized spacial score (nSPS) is 14.1. The summed E-state index contributed by atoms with van der Waals surface area (Å²) < 4.78 is 2.03. The van der Waals surface area contributed by atoms with E-state index in [2.05, 4.69) is 10.3 Å². The van der Waals surface area contributed by atoms with Gasteiger partial charge in [0.05, 0.1) is 5.69 Å². The predicted octanol–water partition coefficient (Wildman–Crippen LogP) is 1.28. The minimum absolute atomic E-state index is 0.179. The van der Waals surface area contributed by atoms with Crippen LogP contribution in [0.2, 0.25) is 0 Å². The summed E-state index contributed by atoms with van der Waals surface area (Å²) >= 11 is 0. The first-order valence-electron chi connectivity index (χ1n) is 6.32. The van der Waals surface area contributed by atoms with Crippen molar-refractivity contribution in [2.45, 2.75) is 19.5 Å². The van der Waals surface area contributed by atoms with Crippen molar-refractivity contribution in [2.75, 3.05) is 6.54 Å². The predicted molar refractivity (Wildman–Crippen MR) is 70.1 cm³/mol. The van der Waals surface area contributed by atoms with E-state index in [0.29, 0.717) is 13.0 Å². The van der Waals surface area contributed by atoms with Gasteiger partial charge in [-0.15, -0.1) is 0 Å². The Labute approximate surface area is 110 Å². The summed E-state index contributed by atoms with van der Waals surface area (Å²) in [5, 5.41) is 12.4. The maximum atomic E-state index is 11.2. The molecule has 0 amide bonds. The number of carboxylic acid groups (broad SMARTS) is 1. The Kier molecular flexibility index (Phi) is 3.05. The van der Waals surface area contributed by atoms with E-state index in [-0.39, 0.29) is 5.69 Å². The summed E-state index contributed by atoms with van der Waals surface area (Å²) in [6, 6.07) is 9.99. The number of carbonyl (C=O) groups is 1. The molecule has 3 rings (SSSR count). The zero-order chi connectivity index (χ0) is 13.2. The highest BCUT2D eigenvalue weighted by Crippen LogP contribution is 2.18. The third-order valence-corrected chi connectivity index (χ3v) is 3.36. The Hall–Kier alpha value is -2.14. The van der Waals surface area contributed by atoms with Gasteiger partial charge in [0.15, 0.2) is 5.69 Å². The van der Waals surface area contributed by atoms with Crippen LogP contribution in [0.1, 0.15) is 27.6 Å². The Bertz CT molecular complexity index is 605. The van der Waals surface area contributed by atoms with Crippen molar-refractivity contribution in [1.82, 2.24) is 14.9 Å². The smallest absolute Gasteiger partial charge is 0.356 e. The van der Waals surface area contributed by atoms with Gasteiger partial charge >= 0.3 is 5.97 Å². The van der Waals surface area contributed by atoms with Gasteiger partial charge in [0.2, 0.25) is 0 Å². The molecule has 98 valence electrons. The lowest BCUT2D eigenvalue weighted by atomic mass is 10.1. The average molecular weight is 257 g/mol. The molecule has 1 aromatic carbocycles. The van der Waals surface area contributed by atoms with Crippen LogP contribution in [0.5, 0.6) is 0 Å². The molecule has 0 bridgehead atoms. The summed E-state index contributed by atoms with van der Waals surface area (Å²) in [5.74, 6) is -0.119. The van der Waals surface area contributed by atoms with Crippen molar-refractivity contribution < 1.29 is 9.90 Å². The lowest BCUT2D eigenvalue weighted by molar-refractivity contribution is 0.0689. The van der Waals surface area contributed by atoms with Gasteiger partial charge in [0.25, 0.3) is 0 Å². The molecule has 0 spiro atoms. The van der Waals surface area contributed by atoms with E-state index < -0.39 is 5.97 Å². The van der Waals surface area contributed by atoms with Gasteiger partial charge in [-0.25, -0.2) is 9.78 Å². The number of fused-ring (bicyclic) bond motifs is 1. The summed E-state index contributed by atoms with van der Waals surface area (Å²) in [7, 11) is 0. The second kappa shape index (κ2) is 4.85. The van der Waals surface area contributed by atoms with E-state index in [1.807, 2.05) is 34.9 Å². The number of nitrogens with zero attached hydrogens (tertiary/aromatic N) is 2. The fourth-order valence-corrected chi connectivity index (χ4v) is 2.46. The molecule has 1 aromatic heterocycles. The van der Waals surface area contributed by atoms with Gasteiger partial charge in [-0.2, -0.15) is 0 Å². The highest BCUT2D eigenvalue weighted by atomic mass is 16.4. The van der Waals surface area contributed by atoms with Crippen molar-refractivity contribution in [3.05, 3.63) is 53.1 Å². The van der Waals surface area contributed by atoms with Crippen LogP contribution in [0.15, 0.2) is 30.3 Å². The maximum absolute atomic E-state index is 11.2. The average Bonchev–Trinajstić information content (AvgIpc) is 2.79. The zero-order valence-electron chi connectivity index (χ0n) is 10.5. The highest BCUT2D eigenvalue weighted by Gasteiger charge is 2.23. The molecule has 19 heavy (non-hydrogen) atoms. The third-order valence-electron chi connectivity index (χ3n) is 3.36. The minimum atomic E-state index is -0.952. The number of nitrogens with one attached hydrogen (secondary N) is 1. The molecular formula is C14H15N3O2. The van der Waals surface area contributed by atoms with Crippen LogP contribution in [0, 0.1) is 0 Å². The number of aromatic carboxylic acids is 1. The molecule has 1 aliphatic rings. The number of hydrogen-bond donors (Lipinski definition) is 2. The van der Waals surface area contributed by atoms with Crippen molar-refractivity contribution in [3.63, 3.8) is 0 Å². The van der Waals surface area contributed by atoms with Crippen molar-refractivity contribution in [3.8, 4) is 0 Å². The van der Waals surface area contributed by atoms with Gasteiger partial charge in [-0.1, -0.05) is 30.3 Å². The Morgan fingerprint density at radius 1 is 1.37 bits per heavy atom. The Balaban J connectivity index is 1.99. The van der Waals surface area contributed by atoms with Gasteiger partial charge in [0.1, 0.15) is 5.82 Å². The molecule has 2 heterocycles. The number of benzene rings is 1. The highest BCUT2D eigenvalue weighted by molar-refractivity contribution is 5.87. The number of imidazole rings is 1. The number of hydrogen-bond acceptors (Lipinski definition) is 3. The largest absolute Gasteiger partial charge is 0.476 e. The molecule has 0 atom stereocenters. The van der Waals surface area contributed by atoms with Gasteiger partial charge in [-0.05, 0) is 5.56 Å². The Morgan fingerprint density at radius 3 is 2.89 bits per heavy atom. The molecular weight excluding hydrogens is 242 g/mol. The third kappa shape index (κ3) is 2.24. The quantitative estimate of drug-likeness (QED) is 0.869. The molecule has 2 aromatic rings. The maximum Gasteiger partial charge on any atom is 0.356 e. The molecule has 0 aliphatic carbocycles. The zero-order valence-corrected chi connectivity index (χ0v) is 10.5. The van der Waals surface area contributed by atoms with E-state index in [4.69, 9.17) is 0 Å². The summed E-state index contributed by atoms with van der Waals surface area (Å²) in [5.41, 5.74) is 2.11. The second-order valence-electron chi connectivity index (χ2n) is 4.62. The monoisotopic (exact) mass is 257 g/mol. The molecule has 0 saturated heterocycles. The van der Waals surface area contributed by atoms with E-state index >= 15 is 0 Å². The molecule has 0 radical (unpaired) electrons. The van der Waals surface area contributed by atoms with E-state index in [1.54, 1.807) is 0 Å². The molecule has 1 aliphatic heterocycles. The van der Waals surface area contributed by atoms with E-state index in [9.17, 15) is 9.90 Å². The van der Waals surface area contributed by atoms with Crippen LogP contribution < -0.4 is 5.32 Å². The van der Waals surface area contributed by atoms with Gasteiger partial charge < -0.3 is 15.0 Å². The van der Waals surface area contributed by atoms with Crippen molar-refractivity contribution >= 4 is 5.97 Å². The summed E-state index contributed by atoms with van der Waals surface area (Å²) in [6.45, 7) is 2.20. The summed E-state index contributed by atoms with van der Waals surface area (Å²) in [6.07, 6.45) is 0.668. The van der Waals surface area contributed by atoms with Crippen LogP contribution >= 0.6 is 0 Å². The van der Waals surface area contributed by atoms with Gasteiger partial charge in [0, 0.05) is 26.1 Å². The minimum Gasteiger partial charge on any atom is -0.476 e. The molecule has 0 fully saturated rings. The topological polar surface area (TPSA) is 67.1 Å². The first-order valence-corrected chi connectivity index (χ1v) is 6.32. The first kappa shape index (κ1) is 11.9. The SMILES string of the molecule is O=C(O)c1nc(Cc2ccccc2)n2c1CNCC2. The summed E-state index contributed by atoms with van der Waals surface area (Å²) in [4.78, 5) is 15.5. The molecule has 5 heteroatoms. The van der Waals surface area contributed by atoms with E-state index in [1.165, 1.54) is 0 Å². The first-order chi connectivity index (χ1) is 9.25. The fraction of sp³-hybridized carbons (Fsp3) is 0.286.